The molecule has 0 aromatic carbocycles. The Kier molecular flexibility index (Phi) is 5.74. The molecule has 0 unspecified atom stereocenters. The molecule has 1 N–H and O–H groups in total. The third-order valence-electron chi connectivity index (χ3n) is 2.20. The second-order valence-corrected chi connectivity index (χ2v) is 3.96. The molecule has 0 aliphatic rings. The number of rotatable bonds is 6. The Morgan fingerprint density at radius 3 is 2.58 bits per heavy atom. The molecule has 0 aromatic heterocycles. The van der Waals surface area contributed by atoms with Gasteiger partial charge in [0.25, 0.3) is 0 Å². The largest absolute Gasteiger partial charge is 0.316 e. The number of unbranched alkanes of at least 4 members (excludes halogenated alkanes) is 1. The fourth-order valence-corrected chi connectivity index (χ4v) is 0.844. The van der Waals surface area contributed by atoms with Crippen molar-refractivity contribution in [1.29, 1.82) is 5.26 Å². The third-order valence-corrected chi connectivity index (χ3v) is 2.20. The Balaban J connectivity index is 3.26. The third kappa shape index (κ3) is 6.18. The van der Waals surface area contributed by atoms with E-state index in [-0.39, 0.29) is 0 Å². The molecule has 0 saturated carbocycles. The van der Waals surface area contributed by atoms with Crippen molar-refractivity contribution in [1.82, 2.24) is 5.32 Å². The second-order valence-electron chi connectivity index (χ2n) is 3.96. The minimum atomic E-state index is 0.395. The highest BCUT2D eigenvalue weighted by molar-refractivity contribution is 4.72. The van der Waals surface area contributed by atoms with Gasteiger partial charge in [-0.1, -0.05) is 20.8 Å². The van der Waals surface area contributed by atoms with Crippen molar-refractivity contribution in [2.45, 2.75) is 40.0 Å². The fourth-order valence-electron chi connectivity index (χ4n) is 0.844. The molecule has 0 aliphatic carbocycles. The van der Waals surface area contributed by atoms with Crippen molar-refractivity contribution in [3.63, 3.8) is 0 Å². The van der Waals surface area contributed by atoms with E-state index in [0.717, 1.165) is 19.5 Å². The lowest BCUT2D eigenvalue weighted by molar-refractivity contribution is 0.328. The van der Waals surface area contributed by atoms with Crippen LogP contribution in [-0.2, 0) is 0 Å². The zero-order chi connectivity index (χ0) is 9.45. The van der Waals surface area contributed by atoms with Crippen molar-refractivity contribution in [2.75, 3.05) is 13.1 Å². The maximum Gasteiger partial charge on any atom is 0.0622 e. The average molecular weight is 168 g/mol. The molecular formula is C10H20N2. The van der Waals surface area contributed by atoms with E-state index in [1.165, 1.54) is 6.42 Å². The maximum atomic E-state index is 8.29. The molecule has 0 rings (SSSR count). The van der Waals surface area contributed by atoms with Crippen LogP contribution < -0.4 is 5.32 Å². The quantitative estimate of drug-likeness (QED) is 0.618. The van der Waals surface area contributed by atoms with Crippen molar-refractivity contribution >= 4 is 0 Å². The summed E-state index contributed by atoms with van der Waals surface area (Å²) in [6.07, 6.45) is 2.83. The van der Waals surface area contributed by atoms with E-state index in [9.17, 15) is 0 Å². The van der Waals surface area contributed by atoms with Gasteiger partial charge in [0.05, 0.1) is 6.07 Å². The molecule has 0 fully saturated rings. The minimum Gasteiger partial charge on any atom is -0.316 e. The first-order valence-electron chi connectivity index (χ1n) is 4.70. The standard InChI is InChI=1S/C10H20N2/c1-4-10(2,3)9-12-8-6-5-7-11/h12H,4-6,8-9H2,1-3H3. The summed E-state index contributed by atoms with van der Waals surface area (Å²) >= 11 is 0. The van der Waals surface area contributed by atoms with Gasteiger partial charge in [0.2, 0.25) is 0 Å². The monoisotopic (exact) mass is 168 g/mol. The Morgan fingerprint density at radius 1 is 1.42 bits per heavy atom. The van der Waals surface area contributed by atoms with Crippen LogP contribution in [0, 0.1) is 16.7 Å². The molecular weight excluding hydrogens is 148 g/mol. The van der Waals surface area contributed by atoms with Gasteiger partial charge in [0.15, 0.2) is 0 Å². The Labute approximate surface area is 76.0 Å². The van der Waals surface area contributed by atoms with Gasteiger partial charge in [0.1, 0.15) is 0 Å². The van der Waals surface area contributed by atoms with Crippen molar-refractivity contribution < 1.29 is 0 Å². The number of nitrogens with one attached hydrogen (secondary N) is 1. The van der Waals surface area contributed by atoms with Crippen LogP contribution in [0.3, 0.4) is 0 Å². The van der Waals surface area contributed by atoms with Crippen LogP contribution in [0.2, 0.25) is 0 Å². The SMILES string of the molecule is CCC(C)(C)CNCCCC#N. The van der Waals surface area contributed by atoms with E-state index in [2.05, 4.69) is 32.2 Å². The molecule has 0 aromatic rings. The summed E-state index contributed by atoms with van der Waals surface area (Å²) in [5.41, 5.74) is 0.395. The zero-order valence-electron chi connectivity index (χ0n) is 8.48. The number of hydrogen-bond acceptors (Lipinski definition) is 2. The summed E-state index contributed by atoms with van der Waals surface area (Å²) < 4.78 is 0. The van der Waals surface area contributed by atoms with Crippen LogP contribution in [-0.4, -0.2) is 13.1 Å². The summed E-state index contributed by atoms with van der Waals surface area (Å²) in [5.74, 6) is 0. The molecule has 2 heteroatoms. The second kappa shape index (κ2) is 6.02. The average Bonchev–Trinajstić information content (AvgIpc) is 2.04. The highest BCUT2D eigenvalue weighted by Gasteiger charge is 2.13. The normalized spacial score (nSPS) is 11.2. The molecule has 70 valence electrons. The molecule has 0 bridgehead atoms. The molecule has 0 aliphatic heterocycles. The van der Waals surface area contributed by atoms with E-state index in [4.69, 9.17) is 5.26 Å². The predicted molar refractivity (Wildman–Crippen MR) is 51.8 cm³/mol. The van der Waals surface area contributed by atoms with Crippen molar-refractivity contribution in [3.05, 3.63) is 0 Å². The van der Waals surface area contributed by atoms with Crippen LogP contribution in [0.1, 0.15) is 40.0 Å². The molecule has 0 amide bonds. The molecule has 0 radical (unpaired) electrons. The number of nitriles is 1. The van der Waals surface area contributed by atoms with Gasteiger partial charge in [-0.15, -0.1) is 0 Å². The van der Waals surface area contributed by atoms with Crippen molar-refractivity contribution in [2.24, 2.45) is 5.41 Å². The van der Waals surface area contributed by atoms with Crippen LogP contribution >= 0.6 is 0 Å². The first-order valence-corrected chi connectivity index (χ1v) is 4.70. The lowest BCUT2D eigenvalue weighted by Gasteiger charge is -2.22. The van der Waals surface area contributed by atoms with Gasteiger partial charge in [-0.25, -0.2) is 0 Å². The summed E-state index contributed by atoms with van der Waals surface area (Å²) in [7, 11) is 0. The number of nitrogens with zero attached hydrogens (tertiary/aromatic N) is 1. The van der Waals surface area contributed by atoms with E-state index in [1.54, 1.807) is 0 Å². The van der Waals surface area contributed by atoms with E-state index >= 15 is 0 Å². The zero-order valence-corrected chi connectivity index (χ0v) is 8.48. The van der Waals surface area contributed by atoms with Crippen LogP contribution in [0.5, 0.6) is 0 Å². The summed E-state index contributed by atoms with van der Waals surface area (Å²) in [5, 5.41) is 11.7. The van der Waals surface area contributed by atoms with E-state index < -0.39 is 0 Å². The van der Waals surface area contributed by atoms with Gasteiger partial charge in [-0.2, -0.15) is 5.26 Å². The Morgan fingerprint density at radius 2 is 2.08 bits per heavy atom. The Hall–Kier alpha value is -0.550. The predicted octanol–water partition coefficient (Wildman–Crippen LogP) is 2.32. The highest BCUT2D eigenvalue weighted by Crippen LogP contribution is 2.17. The molecule has 0 heterocycles. The van der Waals surface area contributed by atoms with Crippen LogP contribution in [0.25, 0.3) is 0 Å². The van der Waals surface area contributed by atoms with E-state index in [0.29, 0.717) is 11.8 Å². The van der Waals surface area contributed by atoms with Gasteiger partial charge in [0, 0.05) is 13.0 Å². The van der Waals surface area contributed by atoms with Gasteiger partial charge in [-0.05, 0) is 24.8 Å². The molecule has 0 spiro atoms. The summed E-state index contributed by atoms with van der Waals surface area (Å²) in [6, 6.07) is 2.14. The lowest BCUT2D eigenvalue weighted by atomic mass is 9.90. The highest BCUT2D eigenvalue weighted by atomic mass is 14.9. The van der Waals surface area contributed by atoms with Gasteiger partial charge >= 0.3 is 0 Å². The van der Waals surface area contributed by atoms with E-state index in [1.807, 2.05) is 0 Å². The van der Waals surface area contributed by atoms with Crippen LogP contribution in [0.15, 0.2) is 0 Å². The molecule has 0 saturated heterocycles. The molecule has 12 heavy (non-hydrogen) atoms. The fraction of sp³-hybridized carbons (Fsp3) is 0.900. The maximum absolute atomic E-state index is 8.29. The minimum absolute atomic E-state index is 0.395. The first kappa shape index (κ1) is 11.4. The molecule has 2 nitrogen and oxygen atoms in total. The van der Waals surface area contributed by atoms with Gasteiger partial charge < -0.3 is 5.32 Å². The molecule has 0 atom stereocenters. The van der Waals surface area contributed by atoms with Crippen molar-refractivity contribution in [3.8, 4) is 6.07 Å². The number of hydrogen-bond donors (Lipinski definition) is 1. The topological polar surface area (TPSA) is 35.8 Å². The smallest absolute Gasteiger partial charge is 0.0622 e. The van der Waals surface area contributed by atoms with Gasteiger partial charge in [-0.3, -0.25) is 0 Å². The summed E-state index contributed by atoms with van der Waals surface area (Å²) in [4.78, 5) is 0. The summed E-state index contributed by atoms with van der Waals surface area (Å²) in [6.45, 7) is 8.73. The van der Waals surface area contributed by atoms with Crippen LogP contribution in [0.4, 0.5) is 0 Å². The lowest BCUT2D eigenvalue weighted by Crippen LogP contribution is -2.29. The first-order chi connectivity index (χ1) is 5.62. The Bertz CT molecular complexity index is 144.